The number of nitrogens with zero attached hydrogens (tertiary/aromatic N) is 4. The average molecular weight is 560 g/mol. The number of carbonyl (C=O) groups excluding carboxylic acids is 1. The largest absolute Gasteiger partial charge is 0.317 e. The molecule has 1 aromatic heterocycles. The molecule has 206 valence electrons. The van der Waals surface area contributed by atoms with Crippen LogP contribution in [0.25, 0.3) is 5.69 Å². The average Bonchev–Trinajstić information content (AvgIpc) is 3.20. The van der Waals surface area contributed by atoms with E-state index < -0.39 is 27.4 Å². The maximum absolute atomic E-state index is 13.5. The molecule has 0 bridgehead atoms. The normalized spacial score (nSPS) is 11.5. The number of aromatic nitrogens is 1. The Morgan fingerprint density at radius 3 is 2.27 bits per heavy atom. The maximum Gasteiger partial charge on any atom is 0.271 e. The number of sulfonamides is 1. The Balaban J connectivity index is 1.59. The highest BCUT2D eigenvalue weighted by Crippen LogP contribution is 2.27. The lowest BCUT2D eigenvalue weighted by atomic mass is 10.1. The van der Waals surface area contributed by atoms with Gasteiger partial charge in [0.1, 0.15) is 6.54 Å². The molecule has 40 heavy (non-hydrogen) atoms. The second-order valence-electron chi connectivity index (χ2n) is 9.30. The van der Waals surface area contributed by atoms with Crippen LogP contribution in [0.1, 0.15) is 28.1 Å². The van der Waals surface area contributed by atoms with E-state index in [-0.39, 0.29) is 16.3 Å². The summed E-state index contributed by atoms with van der Waals surface area (Å²) < 4.78 is 29.9. The second kappa shape index (κ2) is 11.5. The number of para-hydroxylation sites is 1. The number of nitrogens with one attached hydrogen (secondary N) is 1. The number of aryl methyl sites for hydroxylation is 3. The first-order valence-electron chi connectivity index (χ1n) is 12.4. The number of hydrogen-bond donors (Lipinski definition) is 1. The lowest BCUT2D eigenvalue weighted by molar-refractivity contribution is -0.384. The molecule has 1 N–H and O–H groups in total. The molecule has 0 aliphatic heterocycles. The summed E-state index contributed by atoms with van der Waals surface area (Å²) in [4.78, 5) is 23.5. The second-order valence-corrected chi connectivity index (χ2v) is 11.2. The van der Waals surface area contributed by atoms with Gasteiger partial charge in [-0.25, -0.2) is 13.8 Å². The Morgan fingerprint density at radius 1 is 0.975 bits per heavy atom. The number of nitro groups is 1. The van der Waals surface area contributed by atoms with Gasteiger partial charge in [-0.05, 0) is 63.1 Å². The van der Waals surface area contributed by atoms with Gasteiger partial charge in [-0.3, -0.25) is 19.2 Å². The Morgan fingerprint density at radius 2 is 1.62 bits per heavy atom. The van der Waals surface area contributed by atoms with Gasteiger partial charge in [-0.15, -0.1) is 0 Å². The number of benzene rings is 3. The molecular weight excluding hydrogens is 530 g/mol. The summed E-state index contributed by atoms with van der Waals surface area (Å²) >= 11 is 0. The van der Waals surface area contributed by atoms with Crippen LogP contribution in [-0.4, -0.2) is 36.6 Å². The van der Waals surface area contributed by atoms with Crippen LogP contribution >= 0.6 is 0 Å². The number of rotatable bonds is 9. The summed E-state index contributed by atoms with van der Waals surface area (Å²) in [7, 11) is -4.22. The van der Waals surface area contributed by atoms with Crippen molar-refractivity contribution in [2.24, 2.45) is 5.10 Å². The first-order valence-corrected chi connectivity index (χ1v) is 13.8. The molecule has 4 aromatic rings. The molecule has 0 spiro atoms. The van der Waals surface area contributed by atoms with Crippen molar-refractivity contribution in [1.82, 2.24) is 9.99 Å². The first kappa shape index (κ1) is 28.2. The summed E-state index contributed by atoms with van der Waals surface area (Å²) in [5.41, 5.74) is 8.11. The maximum atomic E-state index is 13.5. The lowest BCUT2D eigenvalue weighted by Crippen LogP contribution is -2.39. The molecular formula is C29H29N5O5S. The Bertz CT molecular complexity index is 1690. The third kappa shape index (κ3) is 5.79. The molecule has 0 aliphatic carbocycles. The van der Waals surface area contributed by atoms with Gasteiger partial charge in [0.2, 0.25) is 0 Å². The van der Waals surface area contributed by atoms with Crippen molar-refractivity contribution in [3.8, 4) is 5.69 Å². The van der Waals surface area contributed by atoms with Crippen molar-refractivity contribution < 1.29 is 18.1 Å². The highest BCUT2D eigenvalue weighted by molar-refractivity contribution is 7.92. The van der Waals surface area contributed by atoms with Crippen molar-refractivity contribution in [2.75, 3.05) is 10.8 Å². The van der Waals surface area contributed by atoms with E-state index in [1.165, 1.54) is 36.5 Å². The first-order chi connectivity index (χ1) is 19.0. The quantitative estimate of drug-likeness (QED) is 0.176. The number of non-ortho nitro benzene ring substituents is 1. The molecule has 1 heterocycles. The third-order valence-electron chi connectivity index (χ3n) is 6.47. The fourth-order valence-corrected chi connectivity index (χ4v) is 5.99. The van der Waals surface area contributed by atoms with Crippen LogP contribution in [0.3, 0.4) is 0 Å². The van der Waals surface area contributed by atoms with Crippen LogP contribution < -0.4 is 9.73 Å². The standard InChI is InChI=1S/C29H29N5O5S/c1-20-10-8-11-21(2)29(20)33-22(3)16-24(23(33)4)18-30-31-28(35)19-32(25-12-9-13-26(17-25)34(36)37)40(38,39)27-14-6-5-7-15-27/h5-18H,19H2,1-4H3,(H,31,35)/b30-18+. The minimum absolute atomic E-state index is 0.0191. The van der Waals surface area contributed by atoms with E-state index in [1.807, 2.05) is 52.0 Å². The minimum Gasteiger partial charge on any atom is -0.317 e. The van der Waals surface area contributed by atoms with E-state index >= 15 is 0 Å². The summed E-state index contributed by atoms with van der Waals surface area (Å²) in [5, 5.41) is 15.4. The van der Waals surface area contributed by atoms with E-state index in [0.29, 0.717) is 0 Å². The highest BCUT2D eigenvalue weighted by atomic mass is 32.2. The number of amides is 1. The van der Waals surface area contributed by atoms with Gasteiger partial charge in [0.15, 0.2) is 0 Å². The van der Waals surface area contributed by atoms with Crippen LogP contribution in [0.5, 0.6) is 0 Å². The van der Waals surface area contributed by atoms with E-state index in [1.54, 1.807) is 18.2 Å². The topological polar surface area (TPSA) is 127 Å². The zero-order valence-electron chi connectivity index (χ0n) is 22.5. The lowest BCUT2D eigenvalue weighted by Gasteiger charge is -2.23. The molecule has 0 fully saturated rings. The smallest absolute Gasteiger partial charge is 0.271 e. The van der Waals surface area contributed by atoms with Gasteiger partial charge in [0, 0.05) is 29.1 Å². The molecule has 11 heteroatoms. The van der Waals surface area contributed by atoms with Gasteiger partial charge in [0.25, 0.3) is 21.6 Å². The molecule has 0 radical (unpaired) electrons. The van der Waals surface area contributed by atoms with Gasteiger partial charge >= 0.3 is 0 Å². The fraction of sp³-hybridized carbons (Fsp3) is 0.172. The van der Waals surface area contributed by atoms with Crippen molar-refractivity contribution in [2.45, 2.75) is 32.6 Å². The van der Waals surface area contributed by atoms with E-state index in [0.717, 1.165) is 44.1 Å². The number of nitro benzene ring substituents is 1. The molecule has 4 rings (SSSR count). The van der Waals surface area contributed by atoms with Crippen LogP contribution in [0.4, 0.5) is 11.4 Å². The summed E-state index contributed by atoms with van der Waals surface area (Å²) in [6.07, 6.45) is 1.51. The summed E-state index contributed by atoms with van der Waals surface area (Å²) in [6.45, 7) is 7.40. The Labute approximate surface area is 232 Å². The van der Waals surface area contributed by atoms with E-state index in [4.69, 9.17) is 0 Å². The van der Waals surface area contributed by atoms with Crippen LogP contribution in [-0.2, 0) is 14.8 Å². The van der Waals surface area contributed by atoms with Gasteiger partial charge in [-0.2, -0.15) is 5.10 Å². The fourth-order valence-electron chi connectivity index (χ4n) is 4.56. The Kier molecular flexibility index (Phi) is 8.15. The van der Waals surface area contributed by atoms with Gasteiger partial charge < -0.3 is 4.57 Å². The number of hydrazone groups is 1. The molecule has 1 amide bonds. The van der Waals surface area contributed by atoms with Gasteiger partial charge in [0.05, 0.1) is 27.4 Å². The molecule has 0 aliphatic rings. The summed E-state index contributed by atoms with van der Waals surface area (Å²) in [5.74, 6) is -0.717. The van der Waals surface area contributed by atoms with Crippen molar-refractivity contribution in [3.05, 3.63) is 117 Å². The van der Waals surface area contributed by atoms with E-state index in [2.05, 4.69) is 15.1 Å². The van der Waals surface area contributed by atoms with E-state index in [9.17, 15) is 23.3 Å². The zero-order chi connectivity index (χ0) is 29.0. The highest BCUT2D eigenvalue weighted by Gasteiger charge is 2.28. The molecule has 3 aromatic carbocycles. The van der Waals surface area contributed by atoms with Crippen LogP contribution in [0.2, 0.25) is 0 Å². The third-order valence-corrected chi connectivity index (χ3v) is 8.26. The number of anilines is 1. The van der Waals surface area contributed by atoms with Gasteiger partial charge in [-0.1, -0.05) is 42.5 Å². The van der Waals surface area contributed by atoms with Crippen LogP contribution in [0, 0.1) is 37.8 Å². The zero-order valence-corrected chi connectivity index (χ0v) is 23.3. The molecule has 0 saturated carbocycles. The number of hydrogen-bond acceptors (Lipinski definition) is 6. The monoisotopic (exact) mass is 559 g/mol. The van der Waals surface area contributed by atoms with Crippen LogP contribution in [0.15, 0.2) is 88.9 Å². The molecule has 0 atom stereocenters. The summed E-state index contributed by atoms with van der Waals surface area (Å²) in [6, 6.07) is 20.7. The SMILES string of the molecule is Cc1cccc(C)c1-n1c(C)cc(/C=N/NC(=O)CN(c2cccc([N+](=O)[O-])c2)S(=O)(=O)c2ccccc2)c1C. The number of carbonyl (C=O) groups is 1. The Hall–Kier alpha value is -4.77. The predicted molar refractivity (Wildman–Crippen MR) is 155 cm³/mol. The van der Waals surface area contributed by atoms with Crippen molar-refractivity contribution >= 4 is 33.5 Å². The van der Waals surface area contributed by atoms with Crippen molar-refractivity contribution in [3.63, 3.8) is 0 Å². The molecule has 0 unspecified atom stereocenters. The minimum atomic E-state index is -4.22. The molecule has 10 nitrogen and oxygen atoms in total. The predicted octanol–water partition coefficient (Wildman–Crippen LogP) is 4.96. The molecule has 0 saturated heterocycles. The van der Waals surface area contributed by atoms with Crippen molar-refractivity contribution in [1.29, 1.82) is 0 Å².